The number of hydrogen-bond acceptors (Lipinski definition) is 2. The quantitative estimate of drug-likeness (QED) is 0.428. The van der Waals surface area contributed by atoms with Crippen LogP contribution in [0.25, 0.3) is 21.8 Å². The maximum absolute atomic E-state index is 12.9. The predicted octanol–water partition coefficient (Wildman–Crippen LogP) is 5.96. The van der Waals surface area contributed by atoms with Gasteiger partial charge in [0.1, 0.15) is 5.75 Å². The van der Waals surface area contributed by atoms with Crippen LogP contribution in [0.2, 0.25) is 0 Å². The number of alkyl halides is 3. The van der Waals surface area contributed by atoms with Crippen molar-refractivity contribution in [1.29, 1.82) is 0 Å². The Balaban J connectivity index is 1.98. The van der Waals surface area contributed by atoms with Crippen LogP contribution in [0.3, 0.4) is 0 Å². The third-order valence-electron chi connectivity index (χ3n) is 5.37. The third-order valence-corrected chi connectivity index (χ3v) is 5.37. The number of nitrogens with two attached hydrogens (primary N) is 1. The van der Waals surface area contributed by atoms with Crippen LogP contribution in [-0.2, 0) is 6.54 Å². The van der Waals surface area contributed by atoms with Crippen LogP contribution in [-0.4, -0.2) is 16.8 Å². The highest BCUT2D eigenvalue weighted by molar-refractivity contribution is 6.18. The van der Waals surface area contributed by atoms with E-state index in [1.165, 1.54) is 12.1 Å². The molecule has 0 spiro atoms. The van der Waals surface area contributed by atoms with Crippen molar-refractivity contribution in [2.75, 3.05) is 0 Å². The summed E-state index contributed by atoms with van der Waals surface area (Å²) < 4.78 is 44.9. The van der Waals surface area contributed by atoms with E-state index in [9.17, 15) is 18.0 Å². The summed E-state index contributed by atoms with van der Waals surface area (Å²) in [6.45, 7) is 4.26. The summed E-state index contributed by atoms with van der Waals surface area (Å²) in [4.78, 5) is 12.1. The van der Waals surface area contributed by atoms with E-state index in [0.29, 0.717) is 22.0 Å². The molecule has 4 rings (SSSR count). The number of hydrogen-bond donors (Lipinski definition) is 1. The summed E-state index contributed by atoms with van der Waals surface area (Å²) in [6.07, 6.45) is -4.79. The fourth-order valence-electron chi connectivity index (χ4n) is 3.93. The van der Waals surface area contributed by atoms with E-state index in [-0.39, 0.29) is 18.2 Å². The number of halogens is 3. The van der Waals surface area contributed by atoms with Gasteiger partial charge in [0.05, 0.1) is 12.1 Å². The van der Waals surface area contributed by atoms with Crippen molar-refractivity contribution in [3.8, 4) is 5.75 Å². The second kappa shape index (κ2) is 7.65. The highest BCUT2D eigenvalue weighted by Crippen LogP contribution is 2.35. The Morgan fingerprint density at radius 2 is 1.77 bits per heavy atom. The van der Waals surface area contributed by atoms with Gasteiger partial charge in [-0.25, -0.2) is 0 Å². The zero-order valence-electron chi connectivity index (χ0n) is 17.0. The van der Waals surface area contributed by atoms with Crippen LogP contribution >= 0.6 is 0 Å². The summed E-state index contributed by atoms with van der Waals surface area (Å²) in [5.41, 5.74) is 8.97. The number of fused-ring (bicyclic) bond motifs is 3. The van der Waals surface area contributed by atoms with E-state index in [1.54, 1.807) is 24.3 Å². The Morgan fingerprint density at radius 1 is 1.03 bits per heavy atom. The van der Waals surface area contributed by atoms with Crippen molar-refractivity contribution in [3.05, 3.63) is 77.4 Å². The molecule has 3 aromatic carbocycles. The van der Waals surface area contributed by atoms with Crippen molar-refractivity contribution in [3.63, 3.8) is 0 Å². The molecule has 1 heterocycles. The molecule has 1 aromatic heterocycles. The number of rotatable bonds is 5. The van der Waals surface area contributed by atoms with Gasteiger partial charge in [-0.05, 0) is 35.7 Å². The number of carbonyl (C=O) groups is 1. The second-order valence-electron chi connectivity index (χ2n) is 7.74. The van der Waals surface area contributed by atoms with Crippen molar-refractivity contribution >= 4 is 27.7 Å². The lowest BCUT2D eigenvalue weighted by Gasteiger charge is -2.15. The smallest absolute Gasteiger partial charge is 0.405 e. The number of amides is 1. The maximum atomic E-state index is 12.9. The number of para-hydroxylation sites is 1. The first kappa shape index (κ1) is 20.8. The Labute approximate surface area is 177 Å². The average molecular weight is 426 g/mol. The summed E-state index contributed by atoms with van der Waals surface area (Å²) in [5, 5.41) is 1.51. The molecule has 1 amide bonds. The van der Waals surface area contributed by atoms with Gasteiger partial charge in [0.15, 0.2) is 0 Å². The minimum Gasteiger partial charge on any atom is -0.405 e. The predicted molar refractivity (Wildman–Crippen MR) is 114 cm³/mol. The molecular weight excluding hydrogens is 405 g/mol. The van der Waals surface area contributed by atoms with Crippen LogP contribution in [0.15, 0.2) is 60.7 Å². The van der Waals surface area contributed by atoms with Gasteiger partial charge in [-0.3, -0.25) is 4.79 Å². The fourth-order valence-corrected chi connectivity index (χ4v) is 3.93. The van der Waals surface area contributed by atoms with Gasteiger partial charge in [-0.1, -0.05) is 50.2 Å². The first-order valence-corrected chi connectivity index (χ1v) is 9.84. The molecule has 0 fully saturated rings. The minimum absolute atomic E-state index is 0.135. The molecule has 0 unspecified atom stereocenters. The second-order valence-corrected chi connectivity index (χ2v) is 7.74. The monoisotopic (exact) mass is 426 g/mol. The summed E-state index contributed by atoms with van der Waals surface area (Å²) >= 11 is 0. The van der Waals surface area contributed by atoms with Crippen molar-refractivity contribution < 1.29 is 22.7 Å². The Hall–Kier alpha value is -3.48. The molecule has 0 saturated carbocycles. The number of aromatic nitrogens is 1. The molecule has 7 heteroatoms. The Kier molecular flexibility index (Phi) is 5.13. The third kappa shape index (κ3) is 3.95. The minimum atomic E-state index is -4.79. The van der Waals surface area contributed by atoms with Gasteiger partial charge in [0.2, 0.25) is 5.91 Å². The van der Waals surface area contributed by atoms with Gasteiger partial charge in [0.25, 0.3) is 0 Å². The maximum Gasteiger partial charge on any atom is 0.573 e. The Bertz CT molecular complexity index is 1290. The van der Waals surface area contributed by atoms with E-state index in [4.69, 9.17) is 5.73 Å². The fraction of sp³-hybridized carbons (Fsp3) is 0.208. The molecule has 31 heavy (non-hydrogen) atoms. The van der Waals surface area contributed by atoms with Gasteiger partial charge in [0, 0.05) is 27.4 Å². The van der Waals surface area contributed by atoms with Crippen molar-refractivity contribution in [2.45, 2.75) is 32.7 Å². The zero-order chi connectivity index (χ0) is 22.3. The van der Waals surface area contributed by atoms with E-state index in [2.05, 4.69) is 18.6 Å². The molecule has 160 valence electrons. The van der Waals surface area contributed by atoms with E-state index >= 15 is 0 Å². The van der Waals surface area contributed by atoms with Crippen LogP contribution in [0, 0.1) is 0 Å². The first-order chi connectivity index (χ1) is 14.7. The van der Waals surface area contributed by atoms with Gasteiger partial charge >= 0.3 is 6.36 Å². The van der Waals surface area contributed by atoms with Crippen molar-refractivity contribution in [1.82, 2.24) is 4.57 Å². The van der Waals surface area contributed by atoms with Gasteiger partial charge in [-0.2, -0.15) is 0 Å². The molecule has 0 saturated heterocycles. The molecule has 0 atom stereocenters. The van der Waals surface area contributed by atoms with E-state index in [1.807, 2.05) is 28.8 Å². The van der Waals surface area contributed by atoms with Crippen LogP contribution in [0.1, 0.15) is 41.3 Å². The van der Waals surface area contributed by atoms with Crippen LogP contribution in [0.4, 0.5) is 13.2 Å². The standard InChI is InChI=1S/C24H21F3N2O2/c1-14(2)15-10-11-17-20(12-15)29(19-8-5-7-18(22(17)19)23(28)30)13-16-6-3-4-9-21(16)31-24(25,26)27/h3-12,14H,13H2,1-2H3,(H2,28,30). The topological polar surface area (TPSA) is 57.2 Å². The average Bonchev–Trinajstić information content (AvgIpc) is 3.01. The largest absolute Gasteiger partial charge is 0.573 e. The van der Waals surface area contributed by atoms with Crippen LogP contribution < -0.4 is 10.5 Å². The molecule has 0 aliphatic rings. The number of ether oxygens (including phenoxy) is 1. The molecule has 0 aliphatic heterocycles. The van der Waals surface area contributed by atoms with E-state index in [0.717, 1.165) is 16.5 Å². The summed E-state index contributed by atoms with van der Waals surface area (Å²) in [6, 6.07) is 17.2. The first-order valence-electron chi connectivity index (χ1n) is 9.84. The van der Waals surface area contributed by atoms with E-state index < -0.39 is 12.3 Å². The number of nitrogens with zero attached hydrogens (tertiary/aromatic N) is 1. The highest BCUT2D eigenvalue weighted by atomic mass is 19.4. The molecule has 0 aliphatic carbocycles. The Morgan fingerprint density at radius 3 is 2.45 bits per heavy atom. The number of primary amides is 1. The molecule has 0 bridgehead atoms. The summed E-state index contributed by atoms with van der Waals surface area (Å²) in [7, 11) is 0. The lowest BCUT2D eigenvalue weighted by molar-refractivity contribution is -0.274. The molecule has 0 radical (unpaired) electrons. The SMILES string of the molecule is CC(C)c1ccc2c3c(C(N)=O)cccc3n(Cc3ccccc3OC(F)(F)F)c2c1. The molecule has 2 N–H and O–H groups in total. The molecule has 4 nitrogen and oxygen atoms in total. The van der Waals surface area contributed by atoms with Gasteiger partial charge < -0.3 is 15.0 Å². The highest BCUT2D eigenvalue weighted by Gasteiger charge is 2.32. The normalized spacial score (nSPS) is 12.1. The lowest BCUT2D eigenvalue weighted by atomic mass is 10.00. The lowest BCUT2D eigenvalue weighted by Crippen LogP contribution is -2.18. The number of benzene rings is 3. The van der Waals surface area contributed by atoms with Crippen LogP contribution in [0.5, 0.6) is 5.75 Å². The van der Waals surface area contributed by atoms with Crippen molar-refractivity contribution in [2.24, 2.45) is 5.73 Å². The molecule has 4 aromatic rings. The van der Waals surface area contributed by atoms with Gasteiger partial charge in [-0.15, -0.1) is 13.2 Å². The summed E-state index contributed by atoms with van der Waals surface area (Å²) in [5.74, 6) is -0.554. The molecular formula is C24H21F3N2O2. The number of carbonyl (C=O) groups excluding carboxylic acids is 1. The zero-order valence-corrected chi connectivity index (χ0v) is 17.0.